The van der Waals surface area contributed by atoms with Crippen molar-refractivity contribution in [3.05, 3.63) is 69.6 Å². The van der Waals surface area contributed by atoms with Gasteiger partial charge in [-0.25, -0.2) is 4.79 Å². The van der Waals surface area contributed by atoms with Crippen LogP contribution in [0.5, 0.6) is 5.75 Å². The third kappa shape index (κ3) is 4.68. The molecule has 1 amide bonds. The molecule has 3 aromatic rings. The fraction of sp³-hybridized carbons (Fsp3) is 0.0526. The standard InChI is InChI=1S/C19H13N3O4S/c1-12-9-17(22-26-12)21-18(23)14(11-20)10-13-4-6-15(7-5-13)25-19(24)16-3-2-8-27-16/h2-10H,1H3,(H,21,22,23)/b14-10-. The summed E-state index contributed by atoms with van der Waals surface area (Å²) in [6.07, 6.45) is 1.42. The molecule has 2 aromatic heterocycles. The number of carbonyl (C=O) groups excluding carboxylic acids is 2. The Morgan fingerprint density at radius 2 is 2.07 bits per heavy atom. The van der Waals surface area contributed by atoms with Gasteiger partial charge in [-0.2, -0.15) is 5.26 Å². The first-order valence-corrected chi connectivity index (χ1v) is 8.65. The molecule has 1 N–H and O–H groups in total. The lowest BCUT2D eigenvalue weighted by Crippen LogP contribution is -2.13. The zero-order valence-corrected chi connectivity index (χ0v) is 14.9. The van der Waals surface area contributed by atoms with Gasteiger partial charge < -0.3 is 14.6 Å². The van der Waals surface area contributed by atoms with Gasteiger partial charge in [0.05, 0.1) is 0 Å². The molecule has 3 rings (SSSR count). The van der Waals surface area contributed by atoms with E-state index >= 15 is 0 Å². The Morgan fingerprint density at radius 3 is 2.67 bits per heavy atom. The van der Waals surface area contributed by atoms with Gasteiger partial charge >= 0.3 is 5.97 Å². The van der Waals surface area contributed by atoms with E-state index in [1.54, 1.807) is 54.8 Å². The molecule has 7 nitrogen and oxygen atoms in total. The van der Waals surface area contributed by atoms with Gasteiger partial charge in [-0.3, -0.25) is 4.79 Å². The summed E-state index contributed by atoms with van der Waals surface area (Å²) in [6, 6.07) is 13.3. The Hall–Kier alpha value is -3.70. The van der Waals surface area contributed by atoms with Crippen LogP contribution in [0.3, 0.4) is 0 Å². The van der Waals surface area contributed by atoms with E-state index in [0.29, 0.717) is 22.0 Å². The minimum Gasteiger partial charge on any atom is -0.422 e. The van der Waals surface area contributed by atoms with Gasteiger partial charge in [-0.05, 0) is 42.1 Å². The molecule has 0 aliphatic heterocycles. The average Bonchev–Trinajstić information content (AvgIpc) is 3.33. The lowest BCUT2D eigenvalue weighted by Gasteiger charge is -2.03. The highest BCUT2D eigenvalue weighted by molar-refractivity contribution is 7.12. The van der Waals surface area contributed by atoms with Gasteiger partial charge in [-0.1, -0.05) is 23.4 Å². The van der Waals surface area contributed by atoms with Crippen LogP contribution in [0.4, 0.5) is 5.82 Å². The minimum absolute atomic E-state index is 0.0982. The molecule has 134 valence electrons. The lowest BCUT2D eigenvalue weighted by molar-refractivity contribution is -0.112. The molecule has 27 heavy (non-hydrogen) atoms. The smallest absolute Gasteiger partial charge is 0.353 e. The van der Waals surface area contributed by atoms with Crippen LogP contribution >= 0.6 is 11.3 Å². The van der Waals surface area contributed by atoms with E-state index in [1.165, 1.54) is 17.4 Å². The largest absolute Gasteiger partial charge is 0.422 e. The maximum absolute atomic E-state index is 12.1. The van der Waals surface area contributed by atoms with Crippen LogP contribution in [0, 0.1) is 18.3 Å². The molecule has 0 saturated carbocycles. The highest BCUT2D eigenvalue weighted by atomic mass is 32.1. The quantitative estimate of drug-likeness (QED) is 0.313. The SMILES string of the molecule is Cc1cc(NC(=O)/C(C#N)=C\c2ccc(OC(=O)c3cccs3)cc2)no1. The molecular weight excluding hydrogens is 366 g/mol. The van der Waals surface area contributed by atoms with Crippen LogP contribution in [-0.4, -0.2) is 17.0 Å². The summed E-state index contributed by atoms with van der Waals surface area (Å²) < 4.78 is 10.1. The second-order valence-corrected chi connectivity index (χ2v) is 6.33. The van der Waals surface area contributed by atoms with Crippen molar-refractivity contribution in [2.75, 3.05) is 5.32 Å². The minimum atomic E-state index is -0.598. The van der Waals surface area contributed by atoms with Gasteiger partial charge in [0.2, 0.25) is 0 Å². The van der Waals surface area contributed by atoms with E-state index in [4.69, 9.17) is 9.26 Å². The van der Waals surface area contributed by atoms with Gasteiger partial charge in [0, 0.05) is 6.07 Å². The number of anilines is 1. The molecular formula is C19H13N3O4S. The Labute approximate surface area is 158 Å². The van der Waals surface area contributed by atoms with E-state index in [-0.39, 0.29) is 11.4 Å². The number of nitriles is 1. The maximum atomic E-state index is 12.1. The predicted molar refractivity (Wildman–Crippen MR) is 99.2 cm³/mol. The van der Waals surface area contributed by atoms with Crippen molar-refractivity contribution in [3.8, 4) is 11.8 Å². The molecule has 2 heterocycles. The third-order valence-electron chi connectivity index (χ3n) is 3.36. The zero-order valence-electron chi connectivity index (χ0n) is 14.1. The monoisotopic (exact) mass is 379 g/mol. The van der Waals surface area contributed by atoms with E-state index < -0.39 is 11.9 Å². The predicted octanol–water partition coefficient (Wildman–Crippen LogP) is 3.81. The van der Waals surface area contributed by atoms with Crippen LogP contribution in [0.25, 0.3) is 6.08 Å². The lowest BCUT2D eigenvalue weighted by atomic mass is 10.1. The molecule has 0 aliphatic carbocycles. The number of nitrogens with one attached hydrogen (secondary N) is 1. The number of hydrogen-bond acceptors (Lipinski definition) is 7. The van der Waals surface area contributed by atoms with Crippen molar-refractivity contribution in [1.82, 2.24) is 5.16 Å². The summed E-state index contributed by atoms with van der Waals surface area (Å²) in [5, 5.41) is 17.2. The van der Waals surface area contributed by atoms with Gasteiger partial charge in [0.1, 0.15) is 28.0 Å². The maximum Gasteiger partial charge on any atom is 0.353 e. The molecule has 0 spiro atoms. The summed E-state index contributed by atoms with van der Waals surface area (Å²) in [5.41, 5.74) is 0.507. The number of aryl methyl sites for hydroxylation is 1. The van der Waals surface area contributed by atoms with Crippen molar-refractivity contribution in [3.63, 3.8) is 0 Å². The second kappa shape index (κ2) is 8.12. The summed E-state index contributed by atoms with van der Waals surface area (Å²) in [6.45, 7) is 1.69. The van der Waals surface area contributed by atoms with Crippen molar-refractivity contribution >= 4 is 35.1 Å². The molecule has 0 fully saturated rings. The van der Waals surface area contributed by atoms with E-state index in [9.17, 15) is 14.9 Å². The molecule has 8 heteroatoms. The molecule has 0 atom stereocenters. The average molecular weight is 379 g/mol. The van der Waals surface area contributed by atoms with Gasteiger partial charge in [0.15, 0.2) is 5.82 Å². The molecule has 0 aliphatic rings. The number of hydrogen-bond donors (Lipinski definition) is 1. The first-order valence-electron chi connectivity index (χ1n) is 7.77. The summed E-state index contributed by atoms with van der Waals surface area (Å²) in [7, 11) is 0. The van der Waals surface area contributed by atoms with E-state index in [0.717, 1.165) is 0 Å². The fourth-order valence-corrected chi connectivity index (χ4v) is 2.71. The number of carbonyl (C=O) groups is 2. The third-order valence-corrected chi connectivity index (χ3v) is 4.21. The second-order valence-electron chi connectivity index (χ2n) is 5.38. The van der Waals surface area contributed by atoms with Crippen molar-refractivity contribution in [1.29, 1.82) is 5.26 Å². The van der Waals surface area contributed by atoms with Crippen LogP contribution in [0.2, 0.25) is 0 Å². The van der Waals surface area contributed by atoms with Crippen LogP contribution < -0.4 is 10.1 Å². The first kappa shape index (κ1) is 18.1. The molecule has 0 radical (unpaired) electrons. The Bertz CT molecular complexity index is 1030. The number of aromatic nitrogens is 1. The van der Waals surface area contributed by atoms with Crippen LogP contribution in [-0.2, 0) is 4.79 Å². The van der Waals surface area contributed by atoms with Crippen LogP contribution in [0.15, 0.2) is 57.9 Å². The van der Waals surface area contributed by atoms with E-state index in [2.05, 4.69) is 10.5 Å². The number of thiophene rings is 1. The number of rotatable bonds is 5. The summed E-state index contributed by atoms with van der Waals surface area (Å²) >= 11 is 1.29. The van der Waals surface area contributed by atoms with Gasteiger partial charge in [0.25, 0.3) is 5.91 Å². The van der Waals surface area contributed by atoms with E-state index in [1.807, 2.05) is 6.07 Å². The van der Waals surface area contributed by atoms with Crippen LogP contribution in [0.1, 0.15) is 21.0 Å². The summed E-state index contributed by atoms with van der Waals surface area (Å²) in [5.74, 6) is 0.105. The number of amides is 1. The molecule has 1 aromatic carbocycles. The normalized spacial score (nSPS) is 10.9. The number of ether oxygens (including phenoxy) is 1. The molecule has 0 saturated heterocycles. The van der Waals surface area contributed by atoms with Crippen molar-refractivity contribution < 1.29 is 18.8 Å². The first-order chi connectivity index (χ1) is 13.0. The Morgan fingerprint density at radius 1 is 1.30 bits per heavy atom. The van der Waals surface area contributed by atoms with Crippen molar-refractivity contribution in [2.45, 2.75) is 6.92 Å². The van der Waals surface area contributed by atoms with Gasteiger partial charge in [-0.15, -0.1) is 11.3 Å². The number of benzene rings is 1. The Balaban J connectivity index is 1.68. The zero-order chi connectivity index (χ0) is 19.2. The topological polar surface area (TPSA) is 105 Å². The molecule has 0 unspecified atom stereocenters. The Kier molecular flexibility index (Phi) is 5.44. The highest BCUT2D eigenvalue weighted by Crippen LogP contribution is 2.18. The fourth-order valence-electron chi connectivity index (χ4n) is 2.11. The van der Waals surface area contributed by atoms with Crippen molar-refractivity contribution in [2.24, 2.45) is 0 Å². The summed E-state index contributed by atoms with van der Waals surface area (Å²) in [4.78, 5) is 24.6. The number of nitrogens with zero attached hydrogens (tertiary/aromatic N) is 2. The molecule has 0 bridgehead atoms. The number of esters is 1. The highest BCUT2D eigenvalue weighted by Gasteiger charge is 2.12.